The summed E-state index contributed by atoms with van der Waals surface area (Å²) in [7, 11) is 0. The van der Waals surface area contributed by atoms with Gasteiger partial charge in [0.2, 0.25) is 5.82 Å². The van der Waals surface area contributed by atoms with E-state index in [0.29, 0.717) is 0 Å². The molecular formula is C16H12ClFN2O5. The van der Waals surface area contributed by atoms with Crippen molar-refractivity contribution in [2.24, 2.45) is 0 Å². The van der Waals surface area contributed by atoms with E-state index in [1.807, 2.05) is 0 Å². The van der Waals surface area contributed by atoms with Gasteiger partial charge in [0.15, 0.2) is 0 Å². The van der Waals surface area contributed by atoms with Gasteiger partial charge in [-0.25, -0.2) is 4.79 Å². The average Bonchev–Trinajstić information content (AvgIpc) is 2.55. The topological polar surface area (TPSA) is 110 Å². The molecule has 1 atom stereocenters. The standard InChI is InChI=1S/C16H12ClFN2O5/c17-11-4-2-1-3-10(11)15(21)19-13(16(22)23)7-9-5-6-12(18)14(8-9)20(24)25/h1-6,8,13H,7H2,(H,19,21)(H,22,23)/t13-/m1/s1. The highest BCUT2D eigenvalue weighted by atomic mass is 35.5. The first kappa shape index (κ1) is 18.3. The summed E-state index contributed by atoms with van der Waals surface area (Å²) in [5, 5.41) is 22.5. The minimum Gasteiger partial charge on any atom is -0.480 e. The van der Waals surface area contributed by atoms with Gasteiger partial charge in [-0.05, 0) is 23.8 Å². The van der Waals surface area contributed by atoms with Crippen LogP contribution >= 0.6 is 11.6 Å². The number of carbonyl (C=O) groups excluding carboxylic acids is 1. The number of nitro groups is 1. The quantitative estimate of drug-likeness (QED) is 0.603. The predicted molar refractivity (Wildman–Crippen MR) is 87.1 cm³/mol. The maximum Gasteiger partial charge on any atom is 0.326 e. The number of carboxylic acid groups (broad SMARTS) is 1. The number of benzene rings is 2. The molecule has 2 rings (SSSR count). The number of nitrogens with zero attached hydrogens (tertiary/aromatic N) is 1. The van der Waals surface area contributed by atoms with Gasteiger partial charge in [0.1, 0.15) is 6.04 Å². The fourth-order valence-electron chi connectivity index (χ4n) is 2.14. The number of carbonyl (C=O) groups is 2. The number of aliphatic carboxylic acids is 1. The third-order valence-corrected chi connectivity index (χ3v) is 3.70. The summed E-state index contributed by atoms with van der Waals surface area (Å²) in [5.41, 5.74) is -0.473. The first-order valence-electron chi connectivity index (χ1n) is 7.00. The lowest BCUT2D eigenvalue weighted by molar-refractivity contribution is -0.387. The van der Waals surface area contributed by atoms with E-state index in [2.05, 4.69) is 5.32 Å². The summed E-state index contributed by atoms with van der Waals surface area (Å²) in [4.78, 5) is 33.4. The van der Waals surface area contributed by atoms with Crippen LogP contribution in [0.1, 0.15) is 15.9 Å². The van der Waals surface area contributed by atoms with Crippen molar-refractivity contribution >= 4 is 29.2 Å². The summed E-state index contributed by atoms with van der Waals surface area (Å²) < 4.78 is 13.3. The van der Waals surface area contributed by atoms with Gasteiger partial charge in [-0.3, -0.25) is 14.9 Å². The Labute approximate surface area is 146 Å². The number of nitrogens with one attached hydrogen (secondary N) is 1. The van der Waals surface area contributed by atoms with Gasteiger partial charge >= 0.3 is 11.7 Å². The molecule has 0 fully saturated rings. The summed E-state index contributed by atoms with van der Waals surface area (Å²) in [6.07, 6.45) is -0.257. The average molecular weight is 367 g/mol. The Bertz CT molecular complexity index is 843. The molecule has 1 amide bonds. The van der Waals surface area contributed by atoms with Crippen LogP contribution in [0.3, 0.4) is 0 Å². The van der Waals surface area contributed by atoms with Crippen LogP contribution in [0, 0.1) is 15.9 Å². The molecule has 2 N–H and O–H groups in total. The van der Waals surface area contributed by atoms with Crippen LogP contribution < -0.4 is 5.32 Å². The first-order valence-corrected chi connectivity index (χ1v) is 7.38. The Kier molecular flexibility index (Phi) is 5.66. The molecule has 0 saturated carbocycles. The van der Waals surface area contributed by atoms with Gasteiger partial charge in [0.25, 0.3) is 5.91 Å². The van der Waals surface area contributed by atoms with Crippen molar-refractivity contribution in [2.45, 2.75) is 12.5 Å². The largest absolute Gasteiger partial charge is 0.480 e. The molecule has 0 heterocycles. The molecule has 2 aromatic rings. The monoisotopic (exact) mass is 366 g/mol. The van der Waals surface area contributed by atoms with Crippen molar-refractivity contribution in [1.29, 1.82) is 0 Å². The van der Waals surface area contributed by atoms with E-state index in [1.165, 1.54) is 18.2 Å². The lowest BCUT2D eigenvalue weighted by atomic mass is 10.0. The molecule has 0 spiro atoms. The van der Waals surface area contributed by atoms with Crippen LogP contribution in [-0.4, -0.2) is 27.9 Å². The third kappa shape index (κ3) is 4.51. The molecule has 0 unspecified atom stereocenters. The Hall–Kier alpha value is -3.00. The van der Waals surface area contributed by atoms with Gasteiger partial charge in [-0.15, -0.1) is 0 Å². The molecule has 0 aliphatic rings. The van der Waals surface area contributed by atoms with Crippen molar-refractivity contribution < 1.29 is 24.0 Å². The van der Waals surface area contributed by atoms with Crippen molar-refractivity contribution in [3.8, 4) is 0 Å². The van der Waals surface area contributed by atoms with Crippen LogP contribution in [0.5, 0.6) is 0 Å². The highest BCUT2D eigenvalue weighted by molar-refractivity contribution is 6.33. The molecule has 0 bridgehead atoms. The van der Waals surface area contributed by atoms with E-state index in [9.17, 15) is 29.2 Å². The minimum absolute atomic E-state index is 0.0977. The second kappa shape index (κ2) is 7.71. The zero-order chi connectivity index (χ0) is 18.6. The van der Waals surface area contributed by atoms with Gasteiger partial charge < -0.3 is 10.4 Å². The molecule has 0 aliphatic heterocycles. The van der Waals surface area contributed by atoms with Crippen LogP contribution in [0.4, 0.5) is 10.1 Å². The Morgan fingerprint density at radius 1 is 1.28 bits per heavy atom. The molecule has 7 nitrogen and oxygen atoms in total. The highest BCUT2D eigenvalue weighted by Gasteiger charge is 2.24. The molecule has 2 aromatic carbocycles. The first-order chi connectivity index (χ1) is 11.8. The van der Waals surface area contributed by atoms with Gasteiger partial charge in [-0.2, -0.15) is 4.39 Å². The predicted octanol–water partition coefficient (Wildman–Crippen LogP) is 2.81. The number of halogens is 2. The Morgan fingerprint density at radius 3 is 2.56 bits per heavy atom. The fraction of sp³-hybridized carbons (Fsp3) is 0.125. The lowest BCUT2D eigenvalue weighted by Crippen LogP contribution is -2.42. The number of amides is 1. The van der Waals surface area contributed by atoms with Crippen LogP contribution in [0.15, 0.2) is 42.5 Å². The van der Waals surface area contributed by atoms with Crippen LogP contribution in [0.25, 0.3) is 0 Å². The molecule has 0 radical (unpaired) electrons. The normalized spacial score (nSPS) is 11.6. The van der Waals surface area contributed by atoms with E-state index in [0.717, 1.165) is 12.1 Å². The van der Waals surface area contributed by atoms with Crippen molar-refractivity contribution in [3.63, 3.8) is 0 Å². The molecule has 0 saturated heterocycles. The zero-order valence-electron chi connectivity index (χ0n) is 12.6. The lowest BCUT2D eigenvalue weighted by Gasteiger charge is -2.15. The fourth-order valence-corrected chi connectivity index (χ4v) is 2.36. The van der Waals surface area contributed by atoms with Crippen LogP contribution in [0.2, 0.25) is 5.02 Å². The van der Waals surface area contributed by atoms with E-state index in [4.69, 9.17) is 11.6 Å². The summed E-state index contributed by atoms with van der Waals surface area (Å²) >= 11 is 5.89. The summed E-state index contributed by atoms with van der Waals surface area (Å²) in [5.74, 6) is -3.07. The molecule has 0 aromatic heterocycles. The van der Waals surface area contributed by atoms with Crippen molar-refractivity contribution in [2.75, 3.05) is 0 Å². The number of rotatable bonds is 6. The van der Waals surface area contributed by atoms with Gasteiger partial charge in [0.05, 0.1) is 15.5 Å². The molecule has 25 heavy (non-hydrogen) atoms. The SMILES string of the molecule is O=C(N[C@H](Cc1ccc(F)c([N+](=O)[O-])c1)C(=O)O)c1ccccc1Cl. The summed E-state index contributed by atoms with van der Waals surface area (Å²) in [6.45, 7) is 0. The zero-order valence-corrected chi connectivity index (χ0v) is 13.4. The second-order valence-electron chi connectivity index (χ2n) is 5.09. The number of hydrogen-bond donors (Lipinski definition) is 2. The molecule has 9 heteroatoms. The molecular weight excluding hydrogens is 355 g/mol. The maximum absolute atomic E-state index is 13.3. The van der Waals surface area contributed by atoms with E-state index in [-0.39, 0.29) is 22.6 Å². The van der Waals surface area contributed by atoms with Gasteiger partial charge in [0, 0.05) is 12.5 Å². The van der Waals surface area contributed by atoms with Gasteiger partial charge in [-0.1, -0.05) is 29.8 Å². The Balaban J connectivity index is 2.21. The molecule has 0 aliphatic carbocycles. The van der Waals surface area contributed by atoms with Crippen LogP contribution in [-0.2, 0) is 11.2 Å². The molecule has 130 valence electrons. The maximum atomic E-state index is 13.3. The van der Waals surface area contributed by atoms with E-state index >= 15 is 0 Å². The number of carboxylic acids is 1. The van der Waals surface area contributed by atoms with E-state index < -0.39 is 34.3 Å². The van der Waals surface area contributed by atoms with Crippen molar-refractivity contribution in [1.82, 2.24) is 5.32 Å². The summed E-state index contributed by atoms with van der Waals surface area (Å²) in [6, 6.07) is 7.77. The van der Waals surface area contributed by atoms with E-state index in [1.54, 1.807) is 12.1 Å². The minimum atomic E-state index is -1.37. The van der Waals surface area contributed by atoms with Crippen molar-refractivity contribution in [3.05, 3.63) is 74.5 Å². The highest BCUT2D eigenvalue weighted by Crippen LogP contribution is 2.20. The second-order valence-corrected chi connectivity index (χ2v) is 5.50. The number of nitro benzene ring substituents is 1. The third-order valence-electron chi connectivity index (χ3n) is 3.37. The smallest absolute Gasteiger partial charge is 0.326 e. The Morgan fingerprint density at radius 2 is 1.96 bits per heavy atom. The number of hydrogen-bond acceptors (Lipinski definition) is 4.